The van der Waals surface area contributed by atoms with Crippen LogP contribution in [0.25, 0.3) is 22.2 Å². The van der Waals surface area contributed by atoms with Crippen molar-refractivity contribution in [3.8, 4) is 11.3 Å². The standard InChI is InChI=1S/C28H38N6O/c1-19-15-25(34-11-13-35-14-12-34)22-16-20(7-8-24(22)29-19)23-9-10-26(31-30-23)33(6)21-17-27(2,3)32-28(4,5)18-21/h7-10,15-16,21,32H,11-14,17-18H2,1-6H3. The lowest BCUT2D eigenvalue weighted by Crippen LogP contribution is -2.62. The number of fused-ring (bicyclic) bond motifs is 1. The van der Waals surface area contributed by atoms with Gasteiger partial charge >= 0.3 is 0 Å². The smallest absolute Gasteiger partial charge is 0.151 e. The van der Waals surface area contributed by atoms with Gasteiger partial charge in [-0.1, -0.05) is 6.07 Å². The highest BCUT2D eigenvalue weighted by atomic mass is 16.5. The van der Waals surface area contributed by atoms with Gasteiger partial charge in [-0.3, -0.25) is 4.98 Å². The quantitative estimate of drug-likeness (QED) is 0.594. The first-order valence-corrected chi connectivity index (χ1v) is 12.7. The maximum Gasteiger partial charge on any atom is 0.151 e. The molecule has 0 atom stereocenters. The summed E-state index contributed by atoms with van der Waals surface area (Å²) in [4.78, 5) is 9.47. The van der Waals surface area contributed by atoms with Gasteiger partial charge in [0.1, 0.15) is 0 Å². The highest BCUT2D eigenvalue weighted by Gasteiger charge is 2.39. The second-order valence-electron chi connectivity index (χ2n) is 11.5. The monoisotopic (exact) mass is 474 g/mol. The molecule has 2 aromatic heterocycles. The zero-order valence-electron chi connectivity index (χ0n) is 21.9. The number of aromatic nitrogens is 3. The van der Waals surface area contributed by atoms with Gasteiger partial charge in [0.2, 0.25) is 0 Å². The number of morpholine rings is 1. The van der Waals surface area contributed by atoms with Crippen LogP contribution in [0.15, 0.2) is 36.4 Å². The van der Waals surface area contributed by atoms with E-state index in [1.54, 1.807) is 0 Å². The third-order valence-electron chi connectivity index (χ3n) is 7.29. The molecule has 2 saturated heterocycles. The van der Waals surface area contributed by atoms with Crippen LogP contribution in [0.1, 0.15) is 46.2 Å². The lowest BCUT2D eigenvalue weighted by molar-refractivity contribution is 0.123. The largest absolute Gasteiger partial charge is 0.378 e. The highest BCUT2D eigenvalue weighted by Crippen LogP contribution is 2.34. The van der Waals surface area contributed by atoms with E-state index in [1.165, 1.54) is 5.69 Å². The van der Waals surface area contributed by atoms with Gasteiger partial charge in [0, 0.05) is 59.6 Å². The number of hydrogen-bond donors (Lipinski definition) is 1. The number of nitrogens with zero attached hydrogens (tertiary/aromatic N) is 5. The first kappa shape index (κ1) is 23.9. The molecule has 2 aliphatic heterocycles. The van der Waals surface area contributed by atoms with Gasteiger partial charge in [-0.25, -0.2) is 0 Å². The van der Waals surface area contributed by atoms with Crippen molar-refractivity contribution in [2.45, 2.75) is 64.6 Å². The van der Waals surface area contributed by atoms with E-state index in [0.29, 0.717) is 6.04 Å². The Labute approximate surface area is 208 Å². The molecular formula is C28H38N6O. The Balaban J connectivity index is 1.42. The van der Waals surface area contributed by atoms with Crippen LogP contribution in [-0.4, -0.2) is 65.7 Å². The predicted octanol–water partition coefficient (Wildman–Crippen LogP) is 4.58. The molecule has 7 nitrogen and oxygen atoms in total. The van der Waals surface area contributed by atoms with Crippen molar-refractivity contribution in [2.75, 3.05) is 43.2 Å². The SMILES string of the molecule is Cc1cc(N2CCOCC2)c2cc(-c3ccc(N(C)C4CC(C)(C)NC(C)(C)C4)nn3)ccc2n1. The van der Waals surface area contributed by atoms with Crippen LogP contribution in [-0.2, 0) is 4.74 Å². The van der Waals surface area contributed by atoms with Crippen molar-refractivity contribution in [2.24, 2.45) is 0 Å². The van der Waals surface area contributed by atoms with Crippen LogP contribution < -0.4 is 15.1 Å². The fourth-order valence-electron chi connectivity index (χ4n) is 5.96. The molecule has 0 radical (unpaired) electrons. The minimum Gasteiger partial charge on any atom is -0.378 e. The minimum absolute atomic E-state index is 0.0870. The first-order valence-electron chi connectivity index (χ1n) is 12.7. The van der Waals surface area contributed by atoms with E-state index in [2.05, 4.69) is 103 Å². The zero-order chi connectivity index (χ0) is 24.8. The molecular weight excluding hydrogens is 436 g/mol. The van der Waals surface area contributed by atoms with Crippen LogP contribution in [0.3, 0.4) is 0 Å². The molecule has 0 unspecified atom stereocenters. The van der Waals surface area contributed by atoms with Gasteiger partial charge in [-0.15, -0.1) is 10.2 Å². The van der Waals surface area contributed by atoms with E-state index in [9.17, 15) is 0 Å². The summed E-state index contributed by atoms with van der Waals surface area (Å²) in [5, 5.41) is 14.2. The molecule has 4 heterocycles. The Bertz CT molecular complexity index is 1180. The molecule has 3 aromatic rings. The van der Waals surface area contributed by atoms with Crippen molar-refractivity contribution in [3.05, 3.63) is 42.1 Å². The average molecular weight is 475 g/mol. The van der Waals surface area contributed by atoms with E-state index < -0.39 is 0 Å². The fraction of sp³-hybridized carbons (Fsp3) is 0.536. The van der Waals surface area contributed by atoms with Crippen LogP contribution in [0.5, 0.6) is 0 Å². The van der Waals surface area contributed by atoms with E-state index >= 15 is 0 Å². The second kappa shape index (κ2) is 9.03. The third kappa shape index (κ3) is 5.11. The van der Waals surface area contributed by atoms with Gasteiger partial charge in [0.15, 0.2) is 5.82 Å². The zero-order valence-corrected chi connectivity index (χ0v) is 21.9. The van der Waals surface area contributed by atoms with Crippen LogP contribution >= 0.6 is 0 Å². The van der Waals surface area contributed by atoms with Gasteiger partial charge in [-0.2, -0.15) is 0 Å². The second-order valence-corrected chi connectivity index (χ2v) is 11.5. The summed E-state index contributed by atoms with van der Waals surface area (Å²) in [6, 6.07) is 13.2. The molecule has 0 aliphatic carbocycles. The number of nitrogens with one attached hydrogen (secondary N) is 1. The average Bonchev–Trinajstić information content (AvgIpc) is 2.81. The van der Waals surface area contributed by atoms with E-state index in [4.69, 9.17) is 9.72 Å². The lowest BCUT2D eigenvalue weighted by Gasteiger charge is -2.49. The number of pyridine rings is 1. The third-order valence-corrected chi connectivity index (χ3v) is 7.29. The van der Waals surface area contributed by atoms with Crippen molar-refractivity contribution in [3.63, 3.8) is 0 Å². The summed E-state index contributed by atoms with van der Waals surface area (Å²) in [6.07, 6.45) is 2.13. The van der Waals surface area contributed by atoms with Crippen LogP contribution in [0, 0.1) is 6.92 Å². The molecule has 0 spiro atoms. The molecule has 186 valence electrons. The van der Waals surface area contributed by atoms with E-state index in [-0.39, 0.29) is 11.1 Å². The van der Waals surface area contributed by atoms with Crippen LogP contribution in [0.4, 0.5) is 11.5 Å². The summed E-state index contributed by atoms with van der Waals surface area (Å²) in [5.74, 6) is 0.916. The summed E-state index contributed by atoms with van der Waals surface area (Å²) >= 11 is 0. The number of anilines is 2. The Morgan fingerprint density at radius 3 is 2.34 bits per heavy atom. The Kier molecular flexibility index (Phi) is 6.18. The molecule has 1 N–H and O–H groups in total. The molecule has 2 aliphatic rings. The number of ether oxygens (including phenoxy) is 1. The van der Waals surface area contributed by atoms with Crippen molar-refractivity contribution in [1.29, 1.82) is 0 Å². The van der Waals surface area contributed by atoms with Crippen LogP contribution in [0.2, 0.25) is 0 Å². The van der Waals surface area contributed by atoms with E-state index in [1.807, 2.05) is 0 Å². The first-order chi connectivity index (χ1) is 16.6. The summed E-state index contributed by atoms with van der Waals surface area (Å²) in [6.45, 7) is 14.5. The maximum absolute atomic E-state index is 5.57. The number of benzene rings is 1. The van der Waals surface area contributed by atoms with Crippen molar-refractivity contribution in [1.82, 2.24) is 20.5 Å². The van der Waals surface area contributed by atoms with Gasteiger partial charge in [0.25, 0.3) is 0 Å². The summed E-state index contributed by atoms with van der Waals surface area (Å²) < 4.78 is 5.57. The maximum atomic E-state index is 5.57. The molecule has 1 aromatic carbocycles. The topological polar surface area (TPSA) is 66.4 Å². The van der Waals surface area contributed by atoms with Gasteiger partial charge in [0.05, 0.1) is 24.4 Å². The van der Waals surface area contributed by atoms with Crippen molar-refractivity contribution < 1.29 is 4.74 Å². The summed E-state index contributed by atoms with van der Waals surface area (Å²) in [7, 11) is 2.14. The van der Waals surface area contributed by atoms with Crippen molar-refractivity contribution >= 4 is 22.4 Å². The Hall–Kier alpha value is -2.77. The van der Waals surface area contributed by atoms with Gasteiger partial charge < -0.3 is 19.9 Å². The minimum atomic E-state index is 0.0870. The van der Waals surface area contributed by atoms with Gasteiger partial charge in [-0.05, 0) is 77.8 Å². The number of rotatable bonds is 4. The molecule has 35 heavy (non-hydrogen) atoms. The fourth-order valence-corrected chi connectivity index (χ4v) is 5.96. The Morgan fingerprint density at radius 1 is 0.971 bits per heavy atom. The molecule has 0 amide bonds. The van der Waals surface area contributed by atoms with E-state index in [0.717, 1.165) is 72.8 Å². The normalized spacial score (nSPS) is 20.2. The lowest BCUT2D eigenvalue weighted by atomic mass is 9.79. The molecule has 0 saturated carbocycles. The number of aryl methyl sites for hydroxylation is 1. The predicted molar refractivity (Wildman–Crippen MR) is 143 cm³/mol. The Morgan fingerprint density at radius 2 is 1.69 bits per heavy atom. The highest BCUT2D eigenvalue weighted by molar-refractivity contribution is 5.95. The molecule has 2 fully saturated rings. The summed E-state index contributed by atoms with van der Waals surface area (Å²) in [5.41, 5.74) is 5.37. The molecule has 0 bridgehead atoms. The molecule has 5 rings (SSSR count). The number of hydrogen-bond acceptors (Lipinski definition) is 7. The number of piperidine rings is 1. The molecule has 7 heteroatoms.